The SMILES string of the molecule is c1ccc(-c2ccc3cc(-c4nc(-c5ccccc5)nc5c4oc4cccc(-c6ccc(-n7c8ccccc8c8ccccc87)cc6)c45)ccc3c2)cc1. The van der Waals surface area contributed by atoms with Crippen LogP contribution in [0.2, 0.25) is 0 Å². The molecular formula is C50H31N3O. The molecular weight excluding hydrogens is 659 g/mol. The highest BCUT2D eigenvalue weighted by Crippen LogP contribution is 2.41. The molecule has 3 heterocycles. The molecule has 0 fully saturated rings. The molecule has 0 atom stereocenters. The molecule has 0 aliphatic rings. The summed E-state index contributed by atoms with van der Waals surface area (Å²) in [6.45, 7) is 0. The summed E-state index contributed by atoms with van der Waals surface area (Å²) in [6, 6.07) is 66.2. The predicted molar refractivity (Wildman–Crippen MR) is 223 cm³/mol. The second-order valence-corrected chi connectivity index (χ2v) is 13.8. The average molecular weight is 690 g/mol. The fourth-order valence-electron chi connectivity index (χ4n) is 8.03. The van der Waals surface area contributed by atoms with E-state index in [2.05, 4.69) is 162 Å². The maximum atomic E-state index is 6.73. The summed E-state index contributed by atoms with van der Waals surface area (Å²) in [7, 11) is 0. The van der Waals surface area contributed by atoms with Gasteiger partial charge in [-0.1, -0.05) is 146 Å². The summed E-state index contributed by atoms with van der Waals surface area (Å²) < 4.78 is 9.08. The first-order valence-corrected chi connectivity index (χ1v) is 18.2. The van der Waals surface area contributed by atoms with Gasteiger partial charge in [0.05, 0.1) is 16.4 Å². The Labute approximate surface area is 311 Å². The van der Waals surface area contributed by atoms with Gasteiger partial charge in [-0.2, -0.15) is 0 Å². The van der Waals surface area contributed by atoms with Gasteiger partial charge in [0, 0.05) is 27.6 Å². The van der Waals surface area contributed by atoms with Crippen LogP contribution in [0.5, 0.6) is 0 Å². The van der Waals surface area contributed by atoms with Gasteiger partial charge in [0.1, 0.15) is 16.8 Å². The zero-order valence-electron chi connectivity index (χ0n) is 29.1. The van der Waals surface area contributed by atoms with Gasteiger partial charge in [0.25, 0.3) is 0 Å². The van der Waals surface area contributed by atoms with Gasteiger partial charge in [-0.15, -0.1) is 0 Å². The van der Waals surface area contributed by atoms with Crippen molar-refractivity contribution in [1.82, 2.24) is 14.5 Å². The fourth-order valence-corrected chi connectivity index (χ4v) is 8.03. The molecule has 0 saturated heterocycles. The number of rotatable bonds is 5. The smallest absolute Gasteiger partial charge is 0.180 e. The van der Waals surface area contributed by atoms with Crippen LogP contribution in [0.4, 0.5) is 0 Å². The Balaban J connectivity index is 1.08. The van der Waals surface area contributed by atoms with E-state index in [4.69, 9.17) is 14.4 Å². The number of furan rings is 1. The van der Waals surface area contributed by atoms with Crippen LogP contribution in [0.1, 0.15) is 0 Å². The lowest BCUT2D eigenvalue weighted by Gasteiger charge is -2.10. The van der Waals surface area contributed by atoms with E-state index in [1.807, 2.05) is 30.3 Å². The van der Waals surface area contributed by atoms with Crippen LogP contribution in [0, 0.1) is 0 Å². The topological polar surface area (TPSA) is 43.9 Å². The zero-order valence-corrected chi connectivity index (χ0v) is 29.1. The monoisotopic (exact) mass is 689 g/mol. The molecule has 0 spiro atoms. The van der Waals surface area contributed by atoms with Crippen molar-refractivity contribution >= 4 is 54.6 Å². The van der Waals surface area contributed by atoms with E-state index in [1.54, 1.807) is 0 Å². The van der Waals surface area contributed by atoms with Crippen molar-refractivity contribution in [3.8, 4) is 50.6 Å². The normalized spacial score (nSPS) is 11.7. The molecule has 0 saturated carbocycles. The van der Waals surface area contributed by atoms with Gasteiger partial charge in [-0.25, -0.2) is 9.97 Å². The summed E-state index contributed by atoms with van der Waals surface area (Å²) >= 11 is 0. The Bertz CT molecular complexity index is 3140. The summed E-state index contributed by atoms with van der Waals surface area (Å²) in [4.78, 5) is 10.4. The number of hydrogen-bond donors (Lipinski definition) is 0. The Morgan fingerprint density at radius 3 is 1.72 bits per heavy atom. The molecule has 8 aromatic carbocycles. The summed E-state index contributed by atoms with van der Waals surface area (Å²) in [5.41, 5.74) is 13.0. The number of para-hydroxylation sites is 2. The van der Waals surface area contributed by atoms with E-state index in [0.717, 1.165) is 55.5 Å². The largest absolute Gasteiger partial charge is 0.452 e. The quantitative estimate of drug-likeness (QED) is 0.181. The molecule has 3 aromatic heterocycles. The molecule has 54 heavy (non-hydrogen) atoms. The van der Waals surface area contributed by atoms with E-state index in [9.17, 15) is 0 Å². The minimum atomic E-state index is 0.664. The highest BCUT2D eigenvalue weighted by molar-refractivity contribution is 6.14. The van der Waals surface area contributed by atoms with Gasteiger partial charge in [0.15, 0.2) is 11.4 Å². The van der Waals surface area contributed by atoms with Crippen molar-refractivity contribution in [3.05, 3.63) is 188 Å². The Hall–Kier alpha value is -7.30. The minimum Gasteiger partial charge on any atom is -0.452 e. The Morgan fingerprint density at radius 2 is 1.02 bits per heavy atom. The van der Waals surface area contributed by atoms with Crippen LogP contribution in [-0.4, -0.2) is 14.5 Å². The minimum absolute atomic E-state index is 0.664. The molecule has 4 heteroatoms. The van der Waals surface area contributed by atoms with Crippen molar-refractivity contribution in [2.45, 2.75) is 0 Å². The van der Waals surface area contributed by atoms with Gasteiger partial charge < -0.3 is 8.98 Å². The molecule has 0 aliphatic heterocycles. The number of fused-ring (bicyclic) bond motifs is 7. The molecule has 0 aliphatic carbocycles. The Kier molecular flexibility index (Phi) is 6.82. The molecule has 252 valence electrons. The Morgan fingerprint density at radius 1 is 0.426 bits per heavy atom. The van der Waals surface area contributed by atoms with E-state index < -0.39 is 0 Å². The molecule has 0 unspecified atom stereocenters. The van der Waals surface area contributed by atoms with Crippen molar-refractivity contribution in [3.63, 3.8) is 0 Å². The van der Waals surface area contributed by atoms with Crippen LogP contribution < -0.4 is 0 Å². The first-order chi connectivity index (χ1) is 26.8. The highest BCUT2D eigenvalue weighted by Gasteiger charge is 2.21. The maximum Gasteiger partial charge on any atom is 0.180 e. The number of benzene rings is 8. The third-order valence-corrected chi connectivity index (χ3v) is 10.6. The summed E-state index contributed by atoms with van der Waals surface area (Å²) in [6.07, 6.45) is 0. The average Bonchev–Trinajstić information content (AvgIpc) is 3.80. The van der Waals surface area contributed by atoms with Gasteiger partial charge in [0.2, 0.25) is 0 Å². The lowest BCUT2D eigenvalue weighted by molar-refractivity contribution is 0.667. The van der Waals surface area contributed by atoms with Gasteiger partial charge >= 0.3 is 0 Å². The second-order valence-electron chi connectivity index (χ2n) is 13.8. The first-order valence-electron chi connectivity index (χ1n) is 18.2. The van der Waals surface area contributed by atoms with Crippen molar-refractivity contribution < 1.29 is 4.42 Å². The lowest BCUT2D eigenvalue weighted by Crippen LogP contribution is -1.94. The third-order valence-electron chi connectivity index (χ3n) is 10.6. The van der Waals surface area contributed by atoms with Crippen LogP contribution >= 0.6 is 0 Å². The molecule has 0 bridgehead atoms. The van der Waals surface area contributed by atoms with Crippen LogP contribution in [0.25, 0.3) is 105 Å². The van der Waals surface area contributed by atoms with E-state index in [-0.39, 0.29) is 0 Å². The van der Waals surface area contributed by atoms with Crippen molar-refractivity contribution in [2.24, 2.45) is 0 Å². The van der Waals surface area contributed by atoms with E-state index >= 15 is 0 Å². The second kappa shape index (κ2) is 12.1. The van der Waals surface area contributed by atoms with E-state index in [0.29, 0.717) is 11.4 Å². The summed E-state index contributed by atoms with van der Waals surface area (Å²) in [5, 5.41) is 5.79. The molecule has 0 N–H and O–H groups in total. The highest BCUT2D eigenvalue weighted by atomic mass is 16.3. The van der Waals surface area contributed by atoms with Crippen molar-refractivity contribution in [1.29, 1.82) is 0 Å². The fraction of sp³-hybridized carbons (Fsp3) is 0. The van der Waals surface area contributed by atoms with Crippen molar-refractivity contribution in [2.75, 3.05) is 0 Å². The molecule has 0 radical (unpaired) electrons. The maximum absolute atomic E-state index is 6.73. The summed E-state index contributed by atoms with van der Waals surface area (Å²) in [5.74, 6) is 0.664. The van der Waals surface area contributed by atoms with Gasteiger partial charge in [-0.3, -0.25) is 0 Å². The molecule has 11 rings (SSSR count). The number of aromatic nitrogens is 3. The standard InChI is InChI=1S/C50H31N3O/c1-3-12-32(13-4-1)35-22-23-37-31-38(25-24-36(37)30-35)47-49-48(52-50(51-47)34-14-5-2-6-15-34)46-40(18-11-21-45(46)54-49)33-26-28-39(29-27-33)53-43-19-9-7-16-41(43)42-17-8-10-20-44(42)53/h1-31H. The number of hydrogen-bond acceptors (Lipinski definition) is 3. The zero-order chi connectivity index (χ0) is 35.6. The van der Waals surface area contributed by atoms with E-state index in [1.165, 1.54) is 38.3 Å². The lowest BCUT2D eigenvalue weighted by atomic mass is 9.98. The molecule has 11 aromatic rings. The molecule has 4 nitrogen and oxygen atoms in total. The predicted octanol–water partition coefficient (Wildman–Crippen LogP) is 13.3. The van der Waals surface area contributed by atoms with Crippen LogP contribution in [0.3, 0.4) is 0 Å². The third kappa shape index (κ3) is 4.85. The molecule has 0 amide bonds. The first kappa shape index (κ1) is 30.3. The number of nitrogens with zero attached hydrogens (tertiary/aromatic N) is 3. The van der Waals surface area contributed by atoms with Gasteiger partial charge in [-0.05, 0) is 75.5 Å². The van der Waals surface area contributed by atoms with Crippen LogP contribution in [0.15, 0.2) is 192 Å². The van der Waals surface area contributed by atoms with Crippen LogP contribution in [-0.2, 0) is 0 Å².